The fraction of sp³-hybridized carbons (Fsp3) is 0.333. The van der Waals surface area contributed by atoms with E-state index in [0.717, 1.165) is 22.4 Å². The van der Waals surface area contributed by atoms with Gasteiger partial charge in [-0.3, -0.25) is 5.10 Å². The Morgan fingerprint density at radius 2 is 2.12 bits per heavy atom. The molecule has 0 atom stereocenters. The van der Waals surface area contributed by atoms with Crippen molar-refractivity contribution < 1.29 is 4.74 Å². The summed E-state index contributed by atoms with van der Waals surface area (Å²) < 4.78 is 5.40. The summed E-state index contributed by atoms with van der Waals surface area (Å²) in [6, 6.07) is 4.08. The molecule has 1 heterocycles. The first kappa shape index (κ1) is 11.6. The summed E-state index contributed by atoms with van der Waals surface area (Å²) >= 11 is 0. The van der Waals surface area contributed by atoms with Crippen LogP contribution in [0.1, 0.15) is 17.0 Å². The number of aromatic nitrogens is 3. The summed E-state index contributed by atoms with van der Waals surface area (Å²) in [5, 5.41) is 6.95. The number of nitrogens with two attached hydrogens (primary N) is 1. The molecule has 0 spiro atoms. The number of H-pyrrole nitrogens is 1. The second-order valence-corrected chi connectivity index (χ2v) is 3.97. The number of ether oxygens (including phenoxy) is 1. The summed E-state index contributed by atoms with van der Waals surface area (Å²) in [6.45, 7) is 4.39. The number of hydrogen-bond donors (Lipinski definition) is 2. The van der Waals surface area contributed by atoms with E-state index >= 15 is 0 Å². The molecule has 0 saturated carbocycles. The van der Waals surface area contributed by atoms with E-state index in [9.17, 15) is 0 Å². The van der Waals surface area contributed by atoms with Crippen LogP contribution in [-0.4, -0.2) is 22.3 Å². The van der Waals surface area contributed by atoms with Gasteiger partial charge in [0, 0.05) is 0 Å². The molecule has 0 bridgehead atoms. The Labute approximate surface area is 100 Å². The van der Waals surface area contributed by atoms with Crippen LogP contribution in [0.4, 0.5) is 0 Å². The van der Waals surface area contributed by atoms with Gasteiger partial charge < -0.3 is 10.5 Å². The number of benzene rings is 1. The van der Waals surface area contributed by atoms with Crippen LogP contribution in [0, 0.1) is 13.8 Å². The Kier molecular flexibility index (Phi) is 3.10. The first-order valence-electron chi connectivity index (χ1n) is 5.42. The van der Waals surface area contributed by atoms with Gasteiger partial charge in [-0.25, -0.2) is 4.98 Å². The SMILES string of the molecule is COc1c(C)cc(C)cc1-c1n[nH]c(CN)n1. The molecule has 90 valence electrons. The molecule has 0 saturated heterocycles. The average molecular weight is 232 g/mol. The molecule has 2 aromatic rings. The van der Waals surface area contributed by atoms with Crippen LogP contribution in [0.5, 0.6) is 5.75 Å². The zero-order chi connectivity index (χ0) is 12.4. The Balaban J connectivity index is 2.57. The van der Waals surface area contributed by atoms with E-state index < -0.39 is 0 Å². The monoisotopic (exact) mass is 232 g/mol. The normalized spacial score (nSPS) is 10.6. The Hall–Kier alpha value is -1.88. The van der Waals surface area contributed by atoms with Crippen LogP contribution >= 0.6 is 0 Å². The predicted octanol–water partition coefficient (Wildman–Crippen LogP) is 1.56. The quantitative estimate of drug-likeness (QED) is 0.841. The maximum atomic E-state index is 5.51. The van der Waals surface area contributed by atoms with E-state index in [1.807, 2.05) is 19.9 Å². The standard InChI is InChI=1S/C12H16N4O/c1-7-4-8(2)11(17-3)9(5-7)12-14-10(6-13)15-16-12/h4-5H,6,13H2,1-3H3,(H,14,15,16). The highest BCUT2D eigenvalue weighted by molar-refractivity contribution is 5.67. The van der Waals surface area contributed by atoms with Crippen LogP contribution in [-0.2, 0) is 6.54 Å². The summed E-state index contributed by atoms with van der Waals surface area (Å²) in [4.78, 5) is 4.32. The number of rotatable bonds is 3. The van der Waals surface area contributed by atoms with Gasteiger partial charge in [-0.2, -0.15) is 5.10 Å². The summed E-state index contributed by atoms with van der Waals surface area (Å²) in [5.41, 5.74) is 8.62. The molecule has 0 radical (unpaired) electrons. The molecule has 1 aromatic carbocycles. The fourth-order valence-electron chi connectivity index (χ4n) is 1.90. The number of hydrogen-bond acceptors (Lipinski definition) is 4. The van der Waals surface area contributed by atoms with E-state index in [1.54, 1.807) is 7.11 Å². The minimum atomic E-state index is 0.347. The second kappa shape index (κ2) is 4.55. The van der Waals surface area contributed by atoms with Crippen molar-refractivity contribution in [1.82, 2.24) is 15.2 Å². The van der Waals surface area contributed by atoms with Crippen LogP contribution in [0.2, 0.25) is 0 Å². The highest BCUT2D eigenvalue weighted by atomic mass is 16.5. The molecule has 0 fully saturated rings. The molecule has 0 amide bonds. The lowest BCUT2D eigenvalue weighted by atomic mass is 10.1. The number of aromatic amines is 1. The predicted molar refractivity (Wildman–Crippen MR) is 65.7 cm³/mol. The average Bonchev–Trinajstić information content (AvgIpc) is 2.76. The van der Waals surface area contributed by atoms with Crippen molar-refractivity contribution in [3.05, 3.63) is 29.1 Å². The van der Waals surface area contributed by atoms with Gasteiger partial charge >= 0.3 is 0 Å². The Morgan fingerprint density at radius 1 is 1.35 bits per heavy atom. The molecule has 5 nitrogen and oxygen atoms in total. The molecule has 1 aromatic heterocycles. The molecule has 0 unspecified atom stereocenters. The minimum Gasteiger partial charge on any atom is -0.496 e. The molecule has 0 aliphatic rings. The maximum absolute atomic E-state index is 5.51. The van der Waals surface area contributed by atoms with Crippen LogP contribution in [0.3, 0.4) is 0 Å². The number of nitrogens with zero attached hydrogens (tertiary/aromatic N) is 2. The van der Waals surface area contributed by atoms with Gasteiger partial charge in [0.1, 0.15) is 11.6 Å². The zero-order valence-corrected chi connectivity index (χ0v) is 10.2. The van der Waals surface area contributed by atoms with Crippen molar-refractivity contribution >= 4 is 0 Å². The molecule has 5 heteroatoms. The highest BCUT2D eigenvalue weighted by Crippen LogP contribution is 2.31. The Morgan fingerprint density at radius 3 is 2.71 bits per heavy atom. The van der Waals surface area contributed by atoms with Crippen LogP contribution in [0.25, 0.3) is 11.4 Å². The molecule has 0 aliphatic carbocycles. The number of methoxy groups -OCH3 is 1. The van der Waals surface area contributed by atoms with Gasteiger partial charge in [-0.05, 0) is 31.0 Å². The van der Waals surface area contributed by atoms with E-state index in [-0.39, 0.29) is 0 Å². The van der Waals surface area contributed by atoms with Crippen molar-refractivity contribution in [2.75, 3.05) is 7.11 Å². The molecule has 0 aliphatic heterocycles. The van der Waals surface area contributed by atoms with Gasteiger partial charge in [0.15, 0.2) is 5.82 Å². The van der Waals surface area contributed by atoms with Crippen molar-refractivity contribution in [2.45, 2.75) is 20.4 Å². The molecule has 17 heavy (non-hydrogen) atoms. The van der Waals surface area contributed by atoms with Gasteiger partial charge in [0.25, 0.3) is 0 Å². The molecular weight excluding hydrogens is 216 g/mol. The summed E-state index contributed by atoms with van der Waals surface area (Å²) in [5.74, 6) is 2.09. The molecule has 2 rings (SSSR count). The topological polar surface area (TPSA) is 76.8 Å². The second-order valence-electron chi connectivity index (χ2n) is 3.97. The van der Waals surface area contributed by atoms with E-state index in [4.69, 9.17) is 10.5 Å². The first-order valence-corrected chi connectivity index (χ1v) is 5.42. The van der Waals surface area contributed by atoms with E-state index in [1.165, 1.54) is 0 Å². The molecular formula is C12H16N4O. The number of nitrogens with one attached hydrogen (secondary N) is 1. The van der Waals surface area contributed by atoms with E-state index in [0.29, 0.717) is 18.2 Å². The summed E-state index contributed by atoms with van der Waals surface area (Å²) in [6.07, 6.45) is 0. The molecule has 3 N–H and O–H groups in total. The van der Waals surface area contributed by atoms with Crippen LogP contribution in [0.15, 0.2) is 12.1 Å². The largest absolute Gasteiger partial charge is 0.496 e. The van der Waals surface area contributed by atoms with Gasteiger partial charge in [0.05, 0.1) is 19.2 Å². The van der Waals surface area contributed by atoms with Gasteiger partial charge in [0.2, 0.25) is 0 Å². The van der Waals surface area contributed by atoms with Crippen LogP contribution < -0.4 is 10.5 Å². The minimum absolute atomic E-state index is 0.347. The van der Waals surface area contributed by atoms with Crippen molar-refractivity contribution in [3.63, 3.8) is 0 Å². The lowest BCUT2D eigenvalue weighted by Gasteiger charge is -2.10. The lowest BCUT2D eigenvalue weighted by Crippen LogP contribution is -1.98. The smallest absolute Gasteiger partial charge is 0.184 e. The highest BCUT2D eigenvalue weighted by Gasteiger charge is 2.13. The zero-order valence-electron chi connectivity index (χ0n) is 10.2. The fourth-order valence-corrected chi connectivity index (χ4v) is 1.90. The van der Waals surface area contributed by atoms with Crippen molar-refractivity contribution in [1.29, 1.82) is 0 Å². The van der Waals surface area contributed by atoms with Gasteiger partial charge in [-0.15, -0.1) is 0 Å². The maximum Gasteiger partial charge on any atom is 0.184 e. The van der Waals surface area contributed by atoms with Crippen molar-refractivity contribution in [2.24, 2.45) is 5.73 Å². The summed E-state index contributed by atoms with van der Waals surface area (Å²) in [7, 11) is 1.65. The van der Waals surface area contributed by atoms with Gasteiger partial charge in [-0.1, -0.05) is 6.07 Å². The van der Waals surface area contributed by atoms with Crippen molar-refractivity contribution in [3.8, 4) is 17.1 Å². The lowest BCUT2D eigenvalue weighted by molar-refractivity contribution is 0.413. The first-order chi connectivity index (χ1) is 8.15. The Bertz CT molecular complexity index is 533. The third-order valence-corrected chi connectivity index (χ3v) is 2.59. The third kappa shape index (κ3) is 2.14. The number of aryl methyl sites for hydroxylation is 2. The van der Waals surface area contributed by atoms with E-state index in [2.05, 4.69) is 21.2 Å². The third-order valence-electron chi connectivity index (χ3n) is 2.59.